The smallest absolute Gasteiger partial charge is 0.241 e. The van der Waals surface area contributed by atoms with Crippen LogP contribution in [0.1, 0.15) is 12.0 Å². The van der Waals surface area contributed by atoms with Crippen molar-refractivity contribution in [2.45, 2.75) is 25.0 Å². The topological polar surface area (TPSA) is 104 Å². The number of primary amides is 1. The Morgan fingerprint density at radius 3 is 2.58 bits per heavy atom. The number of aliphatic hydroxyl groups is 1. The Morgan fingerprint density at radius 1 is 1.37 bits per heavy atom. The van der Waals surface area contributed by atoms with Gasteiger partial charge in [-0.15, -0.1) is 0 Å². The highest BCUT2D eigenvalue weighted by Crippen LogP contribution is 2.13. The van der Waals surface area contributed by atoms with Crippen molar-refractivity contribution in [3.63, 3.8) is 0 Å². The summed E-state index contributed by atoms with van der Waals surface area (Å²) < 4.78 is 0. The van der Waals surface area contributed by atoms with E-state index in [-0.39, 0.29) is 24.3 Å². The van der Waals surface area contributed by atoms with Crippen molar-refractivity contribution in [3.8, 4) is 0 Å². The Bertz CT molecular complexity index is 473. The third kappa shape index (κ3) is 3.77. The van der Waals surface area contributed by atoms with Gasteiger partial charge < -0.3 is 21.5 Å². The number of benzene rings is 1. The Balaban J connectivity index is 1.92. The van der Waals surface area contributed by atoms with E-state index < -0.39 is 6.10 Å². The van der Waals surface area contributed by atoms with Crippen LogP contribution in [0.15, 0.2) is 24.3 Å². The maximum atomic E-state index is 11.9. The van der Waals surface area contributed by atoms with Gasteiger partial charge in [-0.2, -0.15) is 0 Å². The number of amides is 2. The lowest BCUT2D eigenvalue weighted by Gasteiger charge is -2.11. The van der Waals surface area contributed by atoms with Gasteiger partial charge in [-0.1, -0.05) is 12.1 Å². The SMILES string of the molecule is NC(=O)Cc1ccc(NC(=O)C2CC(O)CN2)cc1. The lowest BCUT2D eigenvalue weighted by atomic mass is 10.1. The second-order valence-corrected chi connectivity index (χ2v) is 4.68. The molecule has 1 saturated heterocycles. The van der Waals surface area contributed by atoms with Crippen molar-refractivity contribution in [2.24, 2.45) is 5.73 Å². The first-order valence-electron chi connectivity index (χ1n) is 6.14. The number of β-amino-alcohol motifs (C(OH)–C–C–N with tert-alkyl or cyclic N) is 1. The molecule has 1 aromatic carbocycles. The molecule has 1 aromatic rings. The molecule has 1 fully saturated rings. The van der Waals surface area contributed by atoms with Crippen LogP contribution in [-0.2, 0) is 16.0 Å². The lowest BCUT2D eigenvalue weighted by Crippen LogP contribution is -2.35. The van der Waals surface area contributed by atoms with Gasteiger partial charge in [-0.05, 0) is 24.1 Å². The molecule has 2 rings (SSSR count). The molecule has 2 amide bonds. The standard InChI is InChI=1S/C13H17N3O3/c14-12(18)5-8-1-3-9(4-2-8)16-13(19)11-6-10(17)7-15-11/h1-4,10-11,15,17H,5-7H2,(H2,14,18)(H,16,19). The molecule has 0 spiro atoms. The summed E-state index contributed by atoms with van der Waals surface area (Å²) in [6.45, 7) is 0.440. The average Bonchev–Trinajstić information content (AvgIpc) is 2.78. The molecular formula is C13H17N3O3. The van der Waals surface area contributed by atoms with Crippen LogP contribution >= 0.6 is 0 Å². The number of rotatable bonds is 4. The number of aliphatic hydroxyl groups excluding tert-OH is 1. The summed E-state index contributed by atoms with van der Waals surface area (Å²) in [4.78, 5) is 22.6. The summed E-state index contributed by atoms with van der Waals surface area (Å²) >= 11 is 0. The van der Waals surface area contributed by atoms with Gasteiger partial charge in [0.05, 0.1) is 18.6 Å². The monoisotopic (exact) mass is 263 g/mol. The first-order valence-corrected chi connectivity index (χ1v) is 6.14. The molecule has 1 heterocycles. The molecule has 6 nitrogen and oxygen atoms in total. The Hall–Kier alpha value is -1.92. The molecule has 0 bridgehead atoms. The van der Waals surface area contributed by atoms with Crippen molar-refractivity contribution in [3.05, 3.63) is 29.8 Å². The predicted molar refractivity (Wildman–Crippen MR) is 70.4 cm³/mol. The summed E-state index contributed by atoms with van der Waals surface area (Å²) in [7, 11) is 0. The normalized spacial score (nSPS) is 22.2. The van der Waals surface area contributed by atoms with Gasteiger partial charge in [0.15, 0.2) is 0 Å². The number of anilines is 1. The zero-order valence-electron chi connectivity index (χ0n) is 10.4. The average molecular weight is 263 g/mol. The van der Waals surface area contributed by atoms with E-state index in [2.05, 4.69) is 10.6 Å². The first kappa shape index (κ1) is 13.5. The predicted octanol–water partition coefficient (Wildman–Crippen LogP) is -0.624. The lowest BCUT2D eigenvalue weighted by molar-refractivity contribution is -0.118. The van der Waals surface area contributed by atoms with Crippen LogP contribution in [-0.4, -0.2) is 35.6 Å². The van der Waals surface area contributed by atoms with Gasteiger partial charge in [0.2, 0.25) is 11.8 Å². The number of nitrogens with one attached hydrogen (secondary N) is 2. The van der Waals surface area contributed by atoms with Crippen LogP contribution in [0, 0.1) is 0 Å². The minimum atomic E-state index is -0.464. The van der Waals surface area contributed by atoms with E-state index in [0.29, 0.717) is 18.7 Å². The van der Waals surface area contributed by atoms with E-state index in [1.807, 2.05) is 0 Å². The summed E-state index contributed by atoms with van der Waals surface area (Å²) in [6, 6.07) is 6.58. The quantitative estimate of drug-likeness (QED) is 0.581. The molecule has 0 saturated carbocycles. The van der Waals surface area contributed by atoms with Crippen LogP contribution < -0.4 is 16.4 Å². The molecule has 2 atom stereocenters. The van der Waals surface area contributed by atoms with Gasteiger partial charge >= 0.3 is 0 Å². The van der Waals surface area contributed by atoms with Gasteiger partial charge in [0.1, 0.15) is 0 Å². The minimum Gasteiger partial charge on any atom is -0.392 e. The largest absolute Gasteiger partial charge is 0.392 e. The molecule has 5 N–H and O–H groups in total. The third-order valence-corrected chi connectivity index (χ3v) is 3.02. The van der Waals surface area contributed by atoms with Gasteiger partial charge in [-0.3, -0.25) is 9.59 Å². The molecule has 0 aromatic heterocycles. The maximum absolute atomic E-state index is 11.9. The molecule has 0 radical (unpaired) electrons. The summed E-state index contributed by atoms with van der Waals surface area (Å²) in [5, 5.41) is 15.0. The van der Waals surface area contributed by atoms with Crippen LogP contribution in [0.25, 0.3) is 0 Å². The van der Waals surface area contributed by atoms with Gasteiger partial charge in [0, 0.05) is 12.2 Å². The maximum Gasteiger partial charge on any atom is 0.241 e. The number of nitrogens with two attached hydrogens (primary N) is 1. The van der Waals surface area contributed by atoms with Crippen LogP contribution in [0.2, 0.25) is 0 Å². The van der Waals surface area contributed by atoms with Crippen molar-refractivity contribution in [1.82, 2.24) is 5.32 Å². The third-order valence-electron chi connectivity index (χ3n) is 3.02. The summed E-state index contributed by atoms with van der Waals surface area (Å²) in [6.07, 6.45) is 0.143. The van der Waals surface area contributed by atoms with E-state index in [1.54, 1.807) is 24.3 Å². The zero-order valence-corrected chi connectivity index (χ0v) is 10.4. The van der Waals surface area contributed by atoms with Crippen molar-refractivity contribution in [1.29, 1.82) is 0 Å². The van der Waals surface area contributed by atoms with E-state index in [9.17, 15) is 14.7 Å². The van der Waals surface area contributed by atoms with E-state index in [1.165, 1.54) is 0 Å². The number of carbonyl (C=O) groups excluding carboxylic acids is 2. The highest BCUT2D eigenvalue weighted by Gasteiger charge is 2.27. The molecular weight excluding hydrogens is 246 g/mol. The minimum absolute atomic E-state index is 0.167. The van der Waals surface area contributed by atoms with Crippen LogP contribution in [0.5, 0.6) is 0 Å². The highest BCUT2D eigenvalue weighted by atomic mass is 16.3. The second kappa shape index (κ2) is 5.81. The molecule has 1 aliphatic rings. The zero-order chi connectivity index (χ0) is 13.8. The van der Waals surface area contributed by atoms with E-state index >= 15 is 0 Å². The highest BCUT2D eigenvalue weighted by molar-refractivity contribution is 5.95. The molecule has 6 heteroatoms. The van der Waals surface area contributed by atoms with Gasteiger partial charge in [-0.25, -0.2) is 0 Å². The first-order chi connectivity index (χ1) is 9.04. The van der Waals surface area contributed by atoms with Gasteiger partial charge in [0.25, 0.3) is 0 Å². The number of carbonyl (C=O) groups is 2. The van der Waals surface area contributed by atoms with E-state index in [4.69, 9.17) is 5.73 Å². The fraction of sp³-hybridized carbons (Fsp3) is 0.385. The molecule has 102 valence electrons. The molecule has 19 heavy (non-hydrogen) atoms. The Kier molecular flexibility index (Phi) is 4.13. The fourth-order valence-corrected chi connectivity index (χ4v) is 2.05. The van der Waals surface area contributed by atoms with Crippen molar-refractivity contribution < 1.29 is 14.7 Å². The second-order valence-electron chi connectivity index (χ2n) is 4.68. The van der Waals surface area contributed by atoms with Crippen LogP contribution in [0.3, 0.4) is 0 Å². The molecule has 0 aliphatic carbocycles. The Labute approximate surface area is 111 Å². The van der Waals surface area contributed by atoms with Crippen molar-refractivity contribution in [2.75, 3.05) is 11.9 Å². The molecule has 2 unspecified atom stereocenters. The summed E-state index contributed by atoms with van der Waals surface area (Å²) in [5.74, 6) is -0.555. The summed E-state index contributed by atoms with van der Waals surface area (Å²) in [5.41, 5.74) is 6.56. The van der Waals surface area contributed by atoms with Crippen LogP contribution in [0.4, 0.5) is 5.69 Å². The Morgan fingerprint density at radius 2 is 2.05 bits per heavy atom. The fourth-order valence-electron chi connectivity index (χ4n) is 2.05. The number of hydrogen-bond acceptors (Lipinski definition) is 4. The van der Waals surface area contributed by atoms with Crippen molar-refractivity contribution >= 4 is 17.5 Å². The molecule has 1 aliphatic heterocycles. The van der Waals surface area contributed by atoms with E-state index in [0.717, 1.165) is 5.56 Å². The number of hydrogen-bond donors (Lipinski definition) is 4.